The predicted molar refractivity (Wildman–Crippen MR) is 72.3 cm³/mol. The lowest BCUT2D eigenvalue weighted by molar-refractivity contribution is -0.137. The van der Waals surface area contributed by atoms with Crippen molar-refractivity contribution in [2.75, 3.05) is 10.7 Å². The van der Waals surface area contributed by atoms with Crippen molar-refractivity contribution in [2.45, 2.75) is 19.6 Å². The third-order valence-corrected chi connectivity index (χ3v) is 3.10. The van der Waals surface area contributed by atoms with E-state index < -0.39 is 11.7 Å². The molecule has 0 amide bonds. The number of alkyl halides is 3. The molecule has 0 saturated carbocycles. The number of aryl methyl sites for hydroxylation is 1. The number of nitrogens with two attached hydrogens (primary N) is 1. The second kappa shape index (κ2) is 5.60. The molecule has 2 aromatic rings. The van der Waals surface area contributed by atoms with Gasteiger partial charge in [-0.1, -0.05) is 0 Å². The van der Waals surface area contributed by atoms with Crippen molar-refractivity contribution < 1.29 is 13.2 Å². The molecular formula is C12H15F3N6. The molecule has 0 aliphatic carbocycles. The van der Waals surface area contributed by atoms with Crippen LogP contribution in [0.5, 0.6) is 0 Å². The molecule has 0 unspecified atom stereocenters. The summed E-state index contributed by atoms with van der Waals surface area (Å²) in [5.41, 5.74) is 3.10. The Hall–Kier alpha value is -2.29. The van der Waals surface area contributed by atoms with Gasteiger partial charge in [0.2, 0.25) is 0 Å². The number of nitrogens with one attached hydrogen (secondary N) is 2. The molecule has 0 spiro atoms. The van der Waals surface area contributed by atoms with Crippen LogP contribution in [-0.4, -0.2) is 14.8 Å². The van der Waals surface area contributed by atoms with Crippen LogP contribution in [0.25, 0.3) is 0 Å². The topological polar surface area (TPSA) is 80.8 Å². The van der Waals surface area contributed by atoms with E-state index in [1.807, 2.05) is 6.92 Å². The average molecular weight is 300 g/mol. The van der Waals surface area contributed by atoms with Crippen molar-refractivity contribution in [2.24, 2.45) is 12.9 Å². The molecule has 0 aliphatic heterocycles. The van der Waals surface area contributed by atoms with Crippen molar-refractivity contribution in [3.8, 4) is 0 Å². The van der Waals surface area contributed by atoms with Gasteiger partial charge in [-0.05, 0) is 19.1 Å². The van der Waals surface area contributed by atoms with Gasteiger partial charge in [-0.2, -0.15) is 18.3 Å². The summed E-state index contributed by atoms with van der Waals surface area (Å²) < 4.78 is 40.0. The number of hydrogen-bond acceptors (Lipinski definition) is 5. The van der Waals surface area contributed by atoms with E-state index in [0.717, 1.165) is 23.4 Å². The van der Waals surface area contributed by atoms with Crippen LogP contribution < -0.4 is 16.6 Å². The molecule has 2 rings (SSSR count). The van der Waals surface area contributed by atoms with Gasteiger partial charge in [0.25, 0.3) is 0 Å². The summed E-state index contributed by atoms with van der Waals surface area (Å²) in [6.45, 7) is 2.19. The SMILES string of the molecule is Cc1c(CNc2cc(C(F)(F)F)cc(NN)n2)cnn1C. The quantitative estimate of drug-likeness (QED) is 0.595. The average Bonchev–Trinajstić information content (AvgIpc) is 2.75. The number of anilines is 2. The molecule has 0 saturated heterocycles. The zero-order valence-corrected chi connectivity index (χ0v) is 11.5. The highest BCUT2D eigenvalue weighted by Gasteiger charge is 2.31. The normalized spacial score (nSPS) is 11.5. The highest BCUT2D eigenvalue weighted by Crippen LogP contribution is 2.32. The molecule has 4 N–H and O–H groups in total. The molecule has 2 aromatic heterocycles. The first kappa shape index (κ1) is 15.1. The molecular weight excluding hydrogens is 285 g/mol. The Morgan fingerprint density at radius 1 is 1.29 bits per heavy atom. The molecule has 0 radical (unpaired) electrons. The highest BCUT2D eigenvalue weighted by molar-refractivity contribution is 5.49. The lowest BCUT2D eigenvalue weighted by Gasteiger charge is -2.12. The van der Waals surface area contributed by atoms with Gasteiger partial charge in [-0.25, -0.2) is 10.8 Å². The number of halogens is 3. The van der Waals surface area contributed by atoms with Gasteiger partial charge in [-0.15, -0.1) is 0 Å². The van der Waals surface area contributed by atoms with Gasteiger partial charge in [-0.3, -0.25) is 4.68 Å². The molecule has 0 fully saturated rings. The number of nitrogens with zero attached hydrogens (tertiary/aromatic N) is 3. The summed E-state index contributed by atoms with van der Waals surface area (Å²) >= 11 is 0. The summed E-state index contributed by atoms with van der Waals surface area (Å²) in [4.78, 5) is 3.94. The third-order valence-electron chi connectivity index (χ3n) is 3.10. The Morgan fingerprint density at radius 3 is 2.48 bits per heavy atom. The summed E-state index contributed by atoms with van der Waals surface area (Å²) in [5.74, 6) is 5.17. The summed E-state index contributed by atoms with van der Waals surface area (Å²) in [6.07, 6.45) is -2.81. The Balaban J connectivity index is 2.21. The van der Waals surface area contributed by atoms with Crippen LogP contribution in [0.1, 0.15) is 16.8 Å². The Kier molecular flexibility index (Phi) is 4.03. The largest absolute Gasteiger partial charge is 0.416 e. The smallest absolute Gasteiger partial charge is 0.366 e. The van der Waals surface area contributed by atoms with E-state index >= 15 is 0 Å². The molecule has 0 atom stereocenters. The standard InChI is InChI=1S/C12H15F3N6/c1-7-8(6-18-21(7)2)5-17-10-3-9(12(13,14)15)4-11(19-10)20-16/h3-4,6H,5,16H2,1-2H3,(H2,17,19,20). The lowest BCUT2D eigenvalue weighted by atomic mass is 10.2. The molecule has 0 aliphatic rings. The van der Waals surface area contributed by atoms with Crippen LogP contribution in [-0.2, 0) is 19.8 Å². The second-order valence-electron chi connectivity index (χ2n) is 4.50. The van der Waals surface area contributed by atoms with E-state index in [-0.39, 0.29) is 11.6 Å². The van der Waals surface area contributed by atoms with Crippen molar-refractivity contribution in [1.29, 1.82) is 0 Å². The van der Waals surface area contributed by atoms with Gasteiger partial charge < -0.3 is 10.7 Å². The fourth-order valence-corrected chi connectivity index (χ4v) is 1.76. The van der Waals surface area contributed by atoms with E-state index in [9.17, 15) is 13.2 Å². The van der Waals surface area contributed by atoms with Crippen LogP contribution in [0.15, 0.2) is 18.3 Å². The van der Waals surface area contributed by atoms with Crippen molar-refractivity contribution in [3.05, 3.63) is 35.2 Å². The Morgan fingerprint density at radius 2 is 1.95 bits per heavy atom. The second-order valence-corrected chi connectivity index (χ2v) is 4.50. The number of hydrazine groups is 1. The first-order valence-corrected chi connectivity index (χ1v) is 6.08. The maximum absolute atomic E-state index is 12.8. The van der Waals surface area contributed by atoms with E-state index in [1.165, 1.54) is 0 Å². The maximum atomic E-state index is 12.8. The molecule has 0 bridgehead atoms. The third kappa shape index (κ3) is 3.43. The van der Waals surface area contributed by atoms with E-state index in [1.54, 1.807) is 17.9 Å². The number of pyridine rings is 1. The maximum Gasteiger partial charge on any atom is 0.416 e. The number of aromatic nitrogens is 3. The van der Waals surface area contributed by atoms with Crippen LogP contribution in [0, 0.1) is 6.92 Å². The van der Waals surface area contributed by atoms with Crippen LogP contribution in [0.2, 0.25) is 0 Å². The molecule has 6 nitrogen and oxygen atoms in total. The molecule has 0 aromatic carbocycles. The van der Waals surface area contributed by atoms with Gasteiger partial charge in [0.05, 0.1) is 11.8 Å². The van der Waals surface area contributed by atoms with E-state index in [4.69, 9.17) is 5.84 Å². The Bertz CT molecular complexity index is 634. The first-order valence-electron chi connectivity index (χ1n) is 6.08. The molecule has 9 heteroatoms. The van der Waals surface area contributed by atoms with Crippen LogP contribution in [0.4, 0.5) is 24.8 Å². The monoisotopic (exact) mass is 300 g/mol. The van der Waals surface area contributed by atoms with Crippen molar-refractivity contribution in [1.82, 2.24) is 14.8 Å². The first-order chi connectivity index (χ1) is 9.81. The molecule has 114 valence electrons. The number of rotatable bonds is 4. The zero-order chi connectivity index (χ0) is 15.6. The van der Waals surface area contributed by atoms with Gasteiger partial charge >= 0.3 is 6.18 Å². The molecule has 21 heavy (non-hydrogen) atoms. The van der Waals surface area contributed by atoms with E-state index in [0.29, 0.717) is 6.54 Å². The number of nitrogen functional groups attached to an aromatic ring is 1. The fourth-order valence-electron chi connectivity index (χ4n) is 1.76. The zero-order valence-electron chi connectivity index (χ0n) is 11.5. The van der Waals surface area contributed by atoms with Gasteiger partial charge in [0.1, 0.15) is 11.6 Å². The Labute approximate surface area is 119 Å². The minimum absolute atomic E-state index is 0.0600. The van der Waals surface area contributed by atoms with Crippen molar-refractivity contribution >= 4 is 11.6 Å². The fraction of sp³-hybridized carbons (Fsp3) is 0.333. The van der Waals surface area contributed by atoms with E-state index in [2.05, 4.69) is 20.8 Å². The van der Waals surface area contributed by atoms with Crippen molar-refractivity contribution in [3.63, 3.8) is 0 Å². The predicted octanol–water partition coefficient (Wildman–Crippen LogP) is 2.04. The van der Waals surface area contributed by atoms with Gasteiger partial charge in [0.15, 0.2) is 0 Å². The summed E-state index contributed by atoms with van der Waals surface area (Å²) in [6, 6.07) is 1.78. The minimum atomic E-state index is -4.46. The van der Waals surface area contributed by atoms with Crippen LogP contribution >= 0.6 is 0 Å². The van der Waals surface area contributed by atoms with Gasteiger partial charge in [0, 0.05) is 24.8 Å². The highest BCUT2D eigenvalue weighted by atomic mass is 19.4. The molecule has 2 heterocycles. The van der Waals surface area contributed by atoms with Crippen LogP contribution in [0.3, 0.4) is 0 Å². The minimum Gasteiger partial charge on any atom is -0.366 e. The summed E-state index contributed by atoms with van der Waals surface area (Å²) in [7, 11) is 1.79. The lowest BCUT2D eigenvalue weighted by Crippen LogP contribution is -2.14. The number of hydrogen-bond donors (Lipinski definition) is 3. The summed E-state index contributed by atoms with van der Waals surface area (Å²) in [5, 5.41) is 6.91.